The first-order chi connectivity index (χ1) is 6.91. The molecule has 0 bridgehead atoms. The van der Waals surface area contributed by atoms with Crippen molar-refractivity contribution in [3.8, 4) is 0 Å². The number of hydrogen-bond acceptors (Lipinski definition) is 0. The van der Waals surface area contributed by atoms with Crippen LogP contribution >= 0.6 is 0 Å². The van der Waals surface area contributed by atoms with Crippen molar-refractivity contribution in [2.75, 3.05) is 0 Å². The van der Waals surface area contributed by atoms with Crippen LogP contribution in [0.25, 0.3) is 0 Å². The van der Waals surface area contributed by atoms with Crippen LogP contribution in [0.5, 0.6) is 0 Å². The summed E-state index contributed by atoms with van der Waals surface area (Å²) in [5.74, 6) is 0. The third-order valence-corrected chi connectivity index (χ3v) is 2.23. The molecule has 0 heterocycles. The molecule has 90 valence electrons. The summed E-state index contributed by atoms with van der Waals surface area (Å²) in [6.45, 7) is 6.06. The molecular formula is C14H25IMg. The molecule has 0 radical (unpaired) electrons. The largest absolute Gasteiger partial charge is 2.00 e. The van der Waals surface area contributed by atoms with Crippen molar-refractivity contribution in [1.29, 1.82) is 0 Å². The van der Waals surface area contributed by atoms with Gasteiger partial charge in [0, 0.05) is 0 Å². The van der Waals surface area contributed by atoms with Crippen LogP contribution in [-0.2, 0) is 0 Å². The Morgan fingerprint density at radius 3 is 1.94 bits per heavy atom. The average molecular weight is 345 g/mol. The minimum Gasteiger partial charge on any atom is -1.00 e. The zero-order valence-electron chi connectivity index (χ0n) is 10.8. The molecule has 0 amide bonds. The third kappa shape index (κ3) is 20.4. The predicted octanol–water partition coefficient (Wildman–Crippen LogP) is 1.70. The molecule has 16 heavy (non-hydrogen) atoms. The van der Waals surface area contributed by atoms with Gasteiger partial charge in [0.15, 0.2) is 0 Å². The van der Waals surface area contributed by atoms with Crippen molar-refractivity contribution in [2.45, 2.75) is 58.3 Å². The fraction of sp³-hybridized carbons (Fsp3) is 0.643. The van der Waals surface area contributed by atoms with Crippen molar-refractivity contribution >= 4 is 23.1 Å². The fourth-order valence-corrected chi connectivity index (χ4v) is 1.29. The van der Waals surface area contributed by atoms with Gasteiger partial charge in [-0.1, -0.05) is 56.9 Å². The Hall–Kier alpha value is 0.976. The van der Waals surface area contributed by atoms with Crippen LogP contribution in [0.4, 0.5) is 0 Å². The van der Waals surface area contributed by atoms with Gasteiger partial charge < -0.3 is 30.9 Å². The fourth-order valence-electron chi connectivity index (χ4n) is 1.29. The molecule has 0 atom stereocenters. The van der Waals surface area contributed by atoms with E-state index < -0.39 is 0 Å². The van der Waals surface area contributed by atoms with Gasteiger partial charge in [0.2, 0.25) is 0 Å². The summed E-state index contributed by atoms with van der Waals surface area (Å²) >= 11 is 0. The minimum absolute atomic E-state index is 0. The maximum Gasteiger partial charge on any atom is 2.00 e. The van der Waals surface area contributed by atoms with E-state index in [0.29, 0.717) is 0 Å². The van der Waals surface area contributed by atoms with E-state index in [4.69, 9.17) is 0 Å². The first-order valence-corrected chi connectivity index (χ1v) is 6.02. The zero-order valence-corrected chi connectivity index (χ0v) is 14.3. The molecule has 0 saturated heterocycles. The molecule has 0 aliphatic heterocycles. The molecule has 0 saturated carbocycles. The molecule has 0 N–H and O–H groups in total. The maximum atomic E-state index is 3.83. The monoisotopic (exact) mass is 344 g/mol. The molecule has 0 aliphatic rings. The number of unbranched alkanes of at least 4 members (excludes halogenated alkanes) is 6. The van der Waals surface area contributed by atoms with Gasteiger partial charge in [0.05, 0.1) is 0 Å². The van der Waals surface area contributed by atoms with E-state index in [0.717, 1.165) is 6.42 Å². The second kappa shape index (κ2) is 21.3. The van der Waals surface area contributed by atoms with E-state index in [9.17, 15) is 0 Å². The van der Waals surface area contributed by atoms with Gasteiger partial charge in [-0.05, 0) is 19.3 Å². The second-order valence-corrected chi connectivity index (χ2v) is 3.70. The van der Waals surface area contributed by atoms with Gasteiger partial charge >= 0.3 is 23.1 Å². The topological polar surface area (TPSA) is 0 Å². The summed E-state index contributed by atoms with van der Waals surface area (Å²) in [6, 6.07) is 0. The van der Waals surface area contributed by atoms with Crippen molar-refractivity contribution in [3.05, 3.63) is 31.2 Å². The summed E-state index contributed by atoms with van der Waals surface area (Å²) in [4.78, 5) is 0. The van der Waals surface area contributed by atoms with Gasteiger partial charge in [-0.2, -0.15) is 6.42 Å². The molecule has 0 spiro atoms. The van der Waals surface area contributed by atoms with Crippen molar-refractivity contribution in [2.24, 2.45) is 0 Å². The molecule has 2 heteroatoms. The quantitative estimate of drug-likeness (QED) is 0.196. The smallest absolute Gasteiger partial charge is 1.00 e. The Morgan fingerprint density at radius 1 is 0.875 bits per heavy atom. The van der Waals surface area contributed by atoms with Crippen LogP contribution in [0.3, 0.4) is 0 Å². The van der Waals surface area contributed by atoms with E-state index in [1.54, 1.807) is 0 Å². The first-order valence-electron chi connectivity index (χ1n) is 6.02. The normalized spacial score (nSPS) is 10.4. The summed E-state index contributed by atoms with van der Waals surface area (Å²) in [7, 11) is 0. The van der Waals surface area contributed by atoms with Gasteiger partial charge in [-0.3, -0.25) is 0 Å². The molecule has 0 nitrogen and oxygen atoms in total. The summed E-state index contributed by atoms with van der Waals surface area (Å²) in [6.07, 6.45) is 18.9. The minimum atomic E-state index is 0. The van der Waals surface area contributed by atoms with Crippen molar-refractivity contribution in [3.63, 3.8) is 0 Å². The molecule has 0 aromatic carbocycles. The summed E-state index contributed by atoms with van der Waals surface area (Å²) in [5.41, 5.74) is 0. The summed E-state index contributed by atoms with van der Waals surface area (Å²) < 4.78 is 0. The van der Waals surface area contributed by atoms with Crippen LogP contribution in [0.1, 0.15) is 58.3 Å². The Kier molecular flexibility index (Phi) is 29.5. The predicted molar refractivity (Wildman–Crippen MR) is 72.0 cm³/mol. The van der Waals surface area contributed by atoms with Gasteiger partial charge in [-0.25, -0.2) is 0 Å². The van der Waals surface area contributed by atoms with Crippen LogP contribution in [0, 0.1) is 6.92 Å². The zero-order chi connectivity index (χ0) is 10.5. The van der Waals surface area contributed by atoms with Crippen LogP contribution < -0.4 is 24.0 Å². The summed E-state index contributed by atoms with van der Waals surface area (Å²) in [5, 5.41) is 0. The van der Waals surface area contributed by atoms with Gasteiger partial charge in [-0.15, -0.1) is 0 Å². The second-order valence-electron chi connectivity index (χ2n) is 3.70. The van der Waals surface area contributed by atoms with Crippen LogP contribution in [0.15, 0.2) is 24.3 Å². The number of halogens is 1. The number of rotatable bonds is 9. The van der Waals surface area contributed by atoms with E-state index in [-0.39, 0.29) is 47.0 Å². The number of allylic oxidation sites excluding steroid dienone is 4. The van der Waals surface area contributed by atoms with Crippen LogP contribution in [0.2, 0.25) is 0 Å². The molecule has 0 aromatic rings. The van der Waals surface area contributed by atoms with E-state index >= 15 is 0 Å². The van der Waals surface area contributed by atoms with Gasteiger partial charge in [0.25, 0.3) is 0 Å². The van der Waals surface area contributed by atoms with E-state index in [1.165, 1.54) is 44.9 Å². The molecule has 0 aliphatic carbocycles. The Balaban J connectivity index is -0.000000845. The maximum absolute atomic E-state index is 3.83. The SMILES string of the molecule is [CH2-]CCCCC/C=C/C=C\CCCC.[I-].[Mg+2]. The molecular weight excluding hydrogens is 319 g/mol. The Bertz CT molecular complexity index is 153. The van der Waals surface area contributed by atoms with Crippen molar-refractivity contribution < 1.29 is 24.0 Å². The molecule has 0 aromatic heterocycles. The van der Waals surface area contributed by atoms with E-state index in [1.807, 2.05) is 0 Å². The first kappa shape index (κ1) is 22.2. The average Bonchev–Trinajstić information content (AvgIpc) is 2.21. The molecule has 0 fully saturated rings. The molecule has 0 rings (SSSR count). The number of hydrogen-bond donors (Lipinski definition) is 0. The standard InChI is InChI=1S/C14H25.HI.Mg/c1-3-5-7-9-11-13-14-12-10-8-6-4-2;;/h10,12-14H,1,3-9,11H2,2H3;1H;/q-1;;+2/p-1/b12-10-,14-13+;;. The Morgan fingerprint density at radius 2 is 1.44 bits per heavy atom. The molecule has 0 unspecified atom stereocenters. The van der Waals surface area contributed by atoms with Crippen molar-refractivity contribution in [1.82, 2.24) is 0 Å². The van der Waals surface area contributed by atoms with Gasteiger partial charge in [0.1, 0.15) is 0 Å². The van der Waals surface area contributed by atoms with Crippen LogP contribution in [-0.4, -0.2) is 23.1 Å². The third-order valence-electron chi connectivity index (χ3n) is 2.23. The van der Waals surface area contributed by atoms with E-state index in [2.05, 4.69) is 38.2 Å². The Labute approximate surface area is 136 Å².